The second kappa shape index (κ2) is 6.08. The molecule has 0 amide bonds. The first-order chi connectivity index (χ1) is 7.44. The smallest absolute Gasteiger partial charge is 0.0292 e. The van der Waals surface area contributed by atoms with Gasteiger partial charge in [-0.2, -0.15) is 11.8 Å². The third kappa shape index (κ3) is 4.48. The number of hydrogen-bond acceptors (Lipinski definition) is 2. The van der Waals surface area contributed by atoms with E-state index >= 15 is 0 Å². The molecule has 1 atom stereocenters. The van der Waals surface area contributed by atoms with Gasteiger partial charge in [-0.05, 0) is 44.7 Å². The zero-order valence-electron chi connectivity index (χ0n) is 10.4. The van der Waals surface area contributed by atoms with Crippen LogP contribution in [-0.2, 0) is 0 Å². The molecule has 0 heterocycles. The first-order valence-corrected chi connectivity index (χ1v) is 7.50. The molecule has 90 valence electrons. The van der Waals surface area contributed by atoms with Gasteiger partial charge in [0.25, 0.3) is 0 Å². The van der Waals surface area contributed by atoms with Gasteiger partial charge in [-0.3, -0.25) is 0 Å². The van der Waals surface area contributed by atoms with E-state index in [4.69, 9.17) is 0 Å². The summed E-state index contributed by atoms with van der Waals surface area (Å²) in [6, 6.07) is 8.86. The quantitative estimate of drug-likeness (QED) is 0.873. The summed E-state index contributed by atoms with van der Waals surface area (Å²) in [4.78, 5) is 0. The summed E-state index contributed by atoms with van der Waals surface area (Å²) in [5.74, 6) is 0. The normalized spacial score (nSPS) is 13.8. The highest BCUT2D eigenvalue weighted by Crippen LogP contribution is 2.22. The summed E-state index contributed by atoms with van der Waals surface area (Å²) in [7, 11) is 0. The maximum Gasteiger partial charge on any atom is 0.0292 e. The number of benzene rings is 1. The molecule has 1 aromatic carbocycles. The molecule has 1 N–H and O–H groups in total. The molecule has 0 saturated carbocycles. The van der Waals surface area contributed by atoms with Gasteiger partial charge in [0.05, 0.1) is 0 Å². The zero-order valence-corrected chi connectivity index (χ0v) is 12.8. The van der Waals surface area contributed by atoms with Crippen molar-refractivity contribution in [2.45, 2.75) is 31.6 Å². The molecule has 0 saturated heterocycles. The summed E-state index contributed by atoms with van der Waals surface area (Å²) in [6.45, 7) is 7.75. The Hall–Kier alpha value is 0.01000. The van der Waals surface area contributed by atoms with Gasteiger partial charge in [0.15, 0.2) is 0 Å². The Morgan fingerprint density at radius 1 is 1.44 bits per heavy atom. The number of halogens is 1. The van der Waals surface area contributed by atoms with Gasteiger partial charge in [0, 0.05) is 21.8 Å². The van der Waals surface area contributed by atoms with Crippen molar-refractivity contribution >= 4 is 27.7 Å². The molecule has 1 rings (SSSR count). The van der Waals surface area contributed by atoms with Gasteiger partial charge in [0.2, 0.25) is 0 Å². The number of hydrogen-bond donors (Lipinski definition) is 1. The van der Waals surface area contributed by atoms with Crippen molar-refractivity contribution in [3.63, 3.8) is 0 Å². The van der Waals surface area contributed by atoms with E-state index in [2.05, 4.69) is 72.5 Å². The molecule has 0 fully saturated rings. The fourth-order valence-corrected chi connectivity index (χ4v) is 2.01. The summed E-state index contributed by atoms with van der Waals surface area (Å²) >= 11 is 5.40. The van der Waals surface area contributed by atoms with E-state index in [0.717, 1.165) is 11.0 Å². The number of thioether (sulfide) groups is 1. The Morgan fingerprint density at radius 2 is 2.12 bits per heavy atom. The first kappa shape index (κ1) is 14.1. The second-order valence-electron chi connectivity index (χ2n) is 4.62. The lowest BCUT2D eigenvalue weighted by molar-refractivity contribution is 0.522. The molecule has 0 aliphatic heterocycles. The fraction of sp³-hybridized carbons (Fsp3) is 0.538. The Kier molecular flexibility index (Phi) is 5.35. The average molecular weight is 302 g/mol. The second-order valence-corrected chi connectivity index (χ2v) is 7.05. The van der Waals surface area contributed by atoms with Gasteiger partial charge in [0.1, 0.15) is 0 Å². The highest BCUT2D eigenvalue weighted by atomic mass is 79.9. The van der Waals surface area contributed by atoms with Crippen molar-refractivity contribution in [2.75, 3.05) is 12.8 Å². The summed E-state index contributed by atoms with van der Waals surface area (Å²) in [5.41, 5.74) is 1.33. The third-order valence-corrected chi connectivity index (χ3v) is 4.48. The highest BCUT2D eigenvalue weighted by Gasteiger charge is 2.17. The summed E-state index contributed by atoms with van der Waals surface area (Å²) in [5, 5.41) is 3.58. The largest absolute Gasteiger partial charge is 0.309 e. The monoisotopic (exact) mass is 301 g/mol. The van der Waals surface area contributed by atoms with Crippen LogP contribution in [0.5, 0.6) is 0 Å². The van der Waals surface area contributed by atoms with Gasteiger partial charge >= 0.3 is 0 Å². The van der Waals surface area contributed by atoms with Crippen LogP contribution in [0.25, 0.3) is 0 Å². The minimum Gasteiger partial charge on any atom is -0.309 e. The molecule has 0 spiro atoms. The van der Waals surface area contributed by atoms with Crippen LogP contribution < -0.4 is 5.32 Å². The first-order valence-electron chi connectivity index (χ1n) is 5.48. The van der Waals surface area contributed by atoms with Crippen molar-refractivity contribution < 1.29 is 0 Å². The van der Waals surface area contributed by atoms with Crippen LogP contribution in [0, 0.1) is 0 Å². The minimum atomic E-state index is 0.292. The molecule has 0 aromatic heterocycles. The van der Waals surface area contributed by atoms with E-state index in [-0.39, 0.29) is 0 Å². The lowest BCUT2D eigenvalue weighted by Crippen LogP contribution is -2.33. The summed E-state index contributed by atoms with van der Waals surface area (Å²) in [6.07, 6.45) is 2.16. The van der Waals surface area contributed by atoms with Crippen LogP contribution in [0.4, 0.5) is 0 Å². The Morgan fingerprint density at radius 3 is 2.69 bits per heavy atom. The Labute approximate surface area is 112 Å². The summed E-state index contributed by atoms with van der Waals surface area (Å²) < 4.78 is 1.43. The van der Waals surface area contributed by atoms with Crippen molar-refractivity contribution in [3.8, 4) is 0 Å². The average Bonchev–Trinajstić information content (AvgIpc) is 2.26. The topological polar surface area (TPSA) is 12.0 Å². The van der Waals surface area contributed by atoms with Gasteiger partial charge in [-0.15, -0.1) is 0 Å². The van der Waals surface area contributed by atoms with Crippen LogP contribution in [0.2, 0.25) is 0 Å². The van der Waals surface area contributed by atoms with Crippen LogP contribution in [0.1, 0.15) is 32.4 Å². The van der Waals surface area contributed by atoms with Crippen LogP contribution in [0.15, 0.2) is 28.7 Å². The molecule has 1 unspecified atom stereocenters. The molecule has 0 bridgehead atoms. The SMILES string of the molecule is CSC(C)(C)CNC(C)c1cccc(Br)c1. The molecule has 0 aliphatic carbocycles. The lowest BCUT2D eigenvalue weighted by Gasteiger charge is -2.25. The van der Waals surface area contributed by atoms with Crippen LogP contribution in [0.3, 0.4) is 0 Å². The predicted molar refractivity (Wildman–Crippen MR) is 78.2 cm³/mol. The number of rotatable bonds is 5. The molecule has 1 aromatic rings. The molecular formula is C13H20BrNS. The van der Waals surface area contributed by atoms with E-state index in [9.17, 15) is 0 Å². The molecule has 3 heteroatoms. The van der Waals surface area contributed by atoms with Gasteiger partial charge in [-0.25, -0.2) is 0 Å². The maximum absolute atomic E-state index is 3.58. The van der Waals surface area contributed by atoms with Crippen molar-refractivity contribution in [3.05, 3.63) is 34.3 Å². The Bertz CT molecular complexity index is 338. The van der Waals surface area contributed by atoms with Crippen molar-refractivity contribution in [2.24, 2.45) is 0 Å². The van der Waals surface area contributed by atoms with E-state index in [0.29, 0.717) is 10.8 Å². The molecule has 16 heavy (non-hydrogen) atoms. The molecular weight excluding hydrogens is 282 g/mol. The maximum atomic E-state index is 3.58. The molecule has 1 nitrogen and oxygen atoms in total. The third-order valence-electron chi connectivity index (χ3n) is 2.74. The Balaban J connectivity index is 2.56. The van der Waals surface area contributed by atoms with E-state index in [1.165, 1.54) is 5.56 Å². The van der Waals surface area contributed by atoms with Gasteiger partial charge < -0.3 is 5.32 Å². The van der Waals surface area contributed by atoms with Crippen LogP contribution in [-0.4, -0.2) is 17.5 Å². The van der Waals surface area contributed by atoms with Crippen molar-refractivity contribution in [1.29, 1.82) is 0 Å². The lowest BCUT2D eigenvalue weighted by atomic mass is 10.1. The predicted octanol–water partition coefficient (Wildman–Crippen LogP) is 4.24. The number of nitrogens with one attached hydrogen (secondary N) is 1. The van der Waals surface area contributed by atoms with Gasteiger partial charge in [-0.1, -0.05) is 28.1 Å². The molecule has 0 radical (unpaired) electrons. The standard InChI is InChI=1S/C13H20BrNS/c1-10(15-9-13(2,3)16-4)11-6-5-7-12(14)8-11/h5-8,10,15H,9H2,1-4H3. The van der Waals surface area contributed by atoms with Crippen LogP contribution >= 0.6 is 27.7 Å². The van der Waals surface area contributed by atoms with E-state index in [1.54, 1.807) is 0 Å². The minimum absolute atomic E-state index is 0.292. The van der Waals surface area contributed by atoms with E-state index in [1.807, 2.05) is 11.8 Å². The van der Waals surface area contributed by atoms with Crippen molar-refractivity contribution in [1.82, 2.24) is 5.32 Å². The van der Waals surface area contributed by atoms with E-state index < -0.39 is 0 Å². The zero-order chi connectivity index (χ0) is 12.2. The highest BCUT2D eigenvalue weighted by molar-refractivity contribution is 9.10. The fourth-order valence-electron chi connectivity index (χ4n) is 1.36. The molecule has 0 aliphatic rings.